The number of methoxy groups -OCH3 is 1. The van der Waals surface area contributed by atoms with Crippen LogP contribution in [0.4, 0.5) is 11.5 Å². The average Bonchev–Trinajstić information content (AvgIpc) is 2.46. The van der Waals surface area contributed by atoms with E-state index in [9.17, 15) is 0 Å². The van der Waals surface area contributed by atoms with Crippen molar-refractivity contribution in [2.24, 2.45) is 5.73 Å². The summed E-state index contributed by atoms with van der Waals surface area (Å²) in [5.41, 5.74) is 9.77. The van der Waals surface area contributed by atoms with E-state index in [4.69, 9.17) is 22.7 Å². The number of anilines is 2. The van der Waals surface area contributed by atoms with Crippen molar-refractivity contribution in [1.82, 2.24) is 4.98 Å². The summed E-state index contributed by atoms with van der Waals surface area (Å²) in [6.07, 6.45) is 2.57. The number of nitrogens with zero attached hydrogens (tertiary/aromatic N) is 1. The quantitative estimate of drug-likeness (QED) is 0.803. The summed E-state index contributed by atoms with van der Waals surface area (Å²) in [5, 5.41) is 3.34. The monoisotopic (exact) mass is 301 g/mol. The summed E-state index contributed by atoms with van der Waals surface area (Å²) >= 11 is 5.13. The molecular formula is C16H19N3OS. The van der Waals surface area contributed by atoms with Crippen molar-refractivity contribution in [1.29, 1.82) is 0 Å². The van der Waals surface area contributed by atoms with Gasteiger partial charge in [0.25, 0.3) is 0 Å². The fraction of sp³-hybridized carbons (Fsp3) is 0.250. The van der Waals surface area contributed by atoms with E-state index >= 15 is 0 Å². The number of hydrogen-bond acceptors (Lipinski definition) is 4. The molecule has 1 aromatic heterocycles. The molecule has 2 aromatic rings. The second-order valence-corrected chi connectivity index (χ2v) is 5.18. The summed E-state index contributed by atoms with van der Waals surface area (Å²) in [5.74, 6) is 0.687. The van der Waals surface area contributed by atoms with Gasteiger partial charge in [0.15, 0.2) is 0 Å². The van der Waals surface area contributed by atoms with Crippen LogP contribution >= 0.6 is 12.2 Å². The fourth-order valence-corrected chi connectivity index (χ4v) is 2.42. The standard InChI is InChI=1S/C16H19N3OS/c1-11-7-9-18-16(14(11)15(17)21)19-13-6-4-3-5-12(13)8-10-20-2/h3-7,9H,8,10H2,1-2H3,(H2,17,21)(H,18,19). The van der Waals surface area contributed by atoms with Gasteiger partial charge < -0.3 is 15.8 Å². The van der Waals surface area contributed by atoms with Gasteiger partial charge in [-0.3, -0.25) is 0 Å². The van der Waals surface area contributed by atoms with Gasteiger partial charge in [0.1, 0.15) is 10.8 Å². The molecule has 0 aliphatic carbocycles. The molecule has 5 heteroatoms. The molecule has 0 radical (unpaired) electrons. The molecule has 0 fully saturated rings. The molecule has 0 aliphatic heterocycles. The lowest BCUT2D eigenvalue weighted by Crippen LogP contribution is -2.15. The largest absolute Gasteiger partial charge is 0.389 e. The molecule has 0 saturated heterocycles. The fourth-order valence-electron chi connectivity index (χ4n) is 2.16. The van der Waals surface area contributed by atoms with E-state index in [-0.39, 0.29) is 0 Å². The lowest BCUT2D eigenvalue weighted by molar-refractivity contribution is 0.202. The smallest absolute Gasteiger partial charge is 0.140 e. The van der Waals surface area contributed by atoms with Crippen LogP contribution in [0, 0.1) is 6.92 Å². The van der Waals surface area contributed by atoms with Crippen LogP contribution < -0.4 is 11.1 Å². The van der Waals surface area contributed by atoms with Crippen LogP contribution in [0.5, 0.6) is 0 Å². The van der Waals surface area contributed by atoms with Crippen molar-refractivity contribution in [3.05, 3.63) is 53.2 Å². The number of nitrogens with two attached hydrogens (primary N) is 1. The molecule has 1 heterocycles. The van der Waals surface area contributed by atoms with E-state index in [1.54, 1.807) is 13.3 Å². The van der Waals surface area contributed by atoms with Gasteiger partial charge in [-0.15, -0.1) is 0 Å². The molecule has 4 nitrogen and oxygen atoms in total. The lowest BCUT2D eigenvalue weighted by Gasteiger charge is -2.15. The van der Waals surface area contributed by atoms with Crippen LogP contribution in [-0.4, -0.2) is 23.7 Å². The van der Waals surface area contributed by atoms with E-state index in [1.807, 2.05) is 31.2 Å². The summed E-state index contributed by atoms with van der Waals surface area (Å²) < 4.78 is 5.15. The van der Waals surface area contributed by atoms with Crippen molar-refractivity contribution in [3.8, 4) is 0 Å². The minimum atomic E-state index is 0.345. The average molecular weight is 301 g/mol. The zero-order chi connectivity index (χ0) is 15.2. The van der Waals surface area contributed by atoms with Crippen molar-refractivity contribution >= 4 is 28.7 Å². The number of aromatic nitrogens is 1. The Morgan fingerprint density at radius 3 is 2.81 bits per heavy atom. The molecule has 3 N–H and O–H groups in total. The van der Waals surface area contributed by atoms with Gasteiger partial charge in [0.2, 0.25) is 0 Å². The topological polar surface area (TPSA) is 60.2 Å². The molecule has 0 unspecified atom stereocenters. The zero-order valence-electron chi connectivity index (χ0n) is 12.2. The highest BCUT2D eigenvalue weighted by molar-refractivity contribution is 7.80. The van der Waals surface area contributed by atoms with E-state index in [0.717, 1.165) is 28.8 Å². The van der Waals surface area contributed by atoms with Gasteiger partial charge in [-0.1, -0.05) is 30.4 Å². The highest BCUT2D eigenvalue weighted by atomic mass is 32.1. The van der Waals surface area contributed by atoms with Gasteiger partial charge in [0, 0.05) is 19.0 Å². The van der Waals surface area contributed by atoms with Crippen LogP contribution in [-0.2, 0) is 11.2 Å². The second kappa shape index (κ2) is 7.15. The van der Waals surface area contributed by atoms with Crippen LogP contribution in [0.1, 0.15) is 16.7 Å². The molecule has 0 aliphatic rings. The number of para-hydroxylation sites is 1. The number of ether oxygens (including phenoxy) is 1. The van der Waals surface area contributed by atoms with Crippen molar-refractivity contribution in [3.63, 3.8) is 0 Å². The SMILES string of the molecule is COCCc1ccccc1Nc1nccc(C)c1C(N)=S. The van der Waals surface area contributed by atoms with Crippen molar-refractivity contribution in [2.45, 2.75) is 13.3 Å². The first kappa shape index (κ1) is 15.4. The summed E-state index contributed by atoms with van der Waals surface area (Å²) in [6, 6.07) is 9.97. The third kappa shape index (κ3) is 3.77. The van der Waals surface area contributed by atoms with E-state index in [0.29, 0.717) is 17.4 Å². The Morgan fingerprint density at radius 2 is 2.10 bits per heavy atom. The minimum Gasteiger partial charge on any atom is -0.389 e. The van der Waals surface area contributed by atoms with Crippen LogP contribution in [0.15, 0.2) is 36.5 Å². The summed E-state index contributed by atoms with van der Waals surface area (Å²) in [7, 11) is 1.70. The van der Waals surface area contributed by atoms with Gasteiger partial charge >= 0.3 is 0 Å². The van der Waals surface area contributed by atoms with Gasteiger partial charge in [-0.2, -0.15) is 0 Å². The number of nitrogens with one attached hydrogen (secondary N) is 1. The number of thiocarbonyl (C=S) groups is 1. The Balaban J connectivity index is 2.35. The Hall–Kier alpha value is -1.98. The highest BCUT2D eigenvalue weighted by Gasteiger charge is 2.11. The number of rotatable bonds is 6. The van der Waals surface area contributed by atoms with Crippen LogP contribution in [0.2, 0.25) is 0 Å². The number of hydrogen-bond donors (Lipinski definition) is 2. The zero-order valence-corrected chi connectivity index (χ0v) is 13.0. The molecule has 110 valence electrons. The molecule has 0 saturated carbocycles. The number of benzene rings is 1. The van der Waals surface area contributed by atoms with E-state index in [2.05, 4.69) is 16.4 Å². The van der Waals surface area contributed by atoms with Crippen LogP contribution in [0.3, 0.4) is 0 Å². The first-order chi connectivity index (χ1) is 10.1. The normalized spacial score (nSPS) is 10.4. The van der Waals surface area contributed by atoms with E-state index < -0.39 is 0 Å². The molecule has 1 aromatic carbocycles. The van der Waals surface area contributed by atoms with Gasteiger partial charge in [-0.25, -0.2) is 4.98 Å². The van der Waals surface area contributed by atoms with Gasteiger partial charge in [-0.05, 0) is 36.6 Å². The number of pyridine rings is 1. The first-order valence-corrected chi connectivity index (χ1v) is 7.13. The molecule has 0 spiro atoms. The van der Waals surface area contributed by atoms with Crippen molar-refractivity contribution in [2.75, 3.05) is 19.0 Å². The maximum absolute atomic E-state index is 5.82. The highest BCUT2D eigenvalue weighted by Crippen LogP contribution is 2.24. The predicted octanol–water partition coefficient (Wildman–Crippen LogP) is 2.96. The lowest BCUT2D eigenvalue weighted by atomic mass is 10.1. The third-order valence-electron chi connectivity index (χ3n) is 3.25. The summed E-state index contributed by atoms with van der Waals surface area (Å²) in [4.78, 5) is 4.71. The molecule has 21 heavy (non-hydrogen) atoms. The maximum atomic E-state index is 5.82. The first-order valence-electron chi connectivity index (χ1n) is 6.72. The molecule has 0 bridgehead atoms. The van der Waals surface area contributed by atoms with E-state index in [1.165, 1.54) is 0 Å². The Morgan fingerprint density at radius 1 is 1.33 bits per heavy atom. The third-order valence-corrected chi connectivity index (χ3v) is 3.46. The van der Waals surface area contributed by atoms with Crippen LogP contribution in [0.25, 0.3) is 0 Å². The second-order valence-electron chi connectivity index (χ2n) is 4.74. The van der Waals surface area contributed by atoms with Gasteiger partial charge in [0.05, 0.1) is 12.2 Å². The maximum Gasteiger partial charge on any atom is 0.140 e. The Bertz CT molecular complexity index is 643. The van der Waals surface area contributed by atoms with Crippen molar-refractivity contribution < 1.29 is 4.74 Å². The molecular weight excluding hydrogens is 282 g/mol. The number of aryl methyl sites for hydroxylation is 1. The predicted molar refractivity (Wildman–Crippen MR) is 90.2 cm³/mol. The summed E-state index contributed by atoms with van der Waals surface area (Å²) in [6.45, 7) is 2.64. The molecule has 0 amide bonds. The molecule has 0 atom stereocenters. The Kier molecular flexibility index (Phi) is 5.25. The molecule has 2 rings (SSSR count). The Labute approximate surface area is 130 Å². The minimum absolute atomic E-state index is 0.345.